The van der Waals surface area contributed by atoms with Crippen molar-refractivity contribution in [3.63, 3.8) is 0 Å². The Morgan fingerprint density at radius 3 is 2.22 bits per heavy atom. The second-order valence-corrected chi connectivity index (χ2v) is 9.33. The summed E-state index contributed by atoms with van der Waals surface area (Å²) in [6, 6.07) is 24.8. The summed E-state index contributed by atoms with van der Waals surface area (Å²) in [5.41, 5.74) is 3.83. The van der Waals surface area contributed by atoms with E-state index in [0.717, 1.165) is 24.2 Å². The maximum atomic E-state index is 12.4. The molecular formula is C30H33N3O4. The standard InChI is InChI=1S/C30H33N3O4/c1-32(30(36)31-26-14-16-27(37-2)17-15-26)20-28(34)29(35)21-33-18-25(19-33)24-12-10-23(11-13-24)9-8-22-6-4-3-5-7-22/h3-7,10-17,25,28-29,34-35H,18-21H2,1-2H3,(H,31,36). The molecule has 1 saturated heterocycles. The molecule has 2 atom stereocenters. The van der Waals surface area contributed by atoms with Gasteiger partial charge in [0.25, 0.3) is 0 Å². The van der Waals surface area contributed by atoms with Crippen LogP contribution in [-0.4, -0.2) is 78.6 Å². The van der Waals surface area contributed by atoms with Gasteiger partial charge in [-0.25, -0.2) is 4.79 Å². The highest BCUT2D eigenvalue weighted by Crippen LogP contribution is 2.27. The Morgan fingerprint density at radius 2 is 1.59 bits per heavy atom. The topological polar surface area (TPSA) is 85.3 Å². The molecule has 2 unspecified atom stereocenters. The average molecular weight is 500 g/mol. The summed E-state index contributed by atoms with van der Waals surface area (Å²) in [7, 11) is 3.16. The molecule has 0 bridgehead atoms. The van der Waals surface area contributed by atoms with E-state index in [1.165, 1.54) is 10.5 Å². The Balaban J connectivity index is 1.19. The van der Waals surface area contributed by atoms with Gasteiger partial charge in [-0.05, 0) is 54.1 Å². The van der Waals surface area contributed by atoms with Crippen LogP contribution in [-0.2, 0) is 0 Å². The molecule has 0 saturated carbocycles. The first-order valence-corrected chi connectivity index (χ1v) is 12.3. The van der Waals surface area contributed by atoms with E-state index in [-0.39, 0.29) is 12.6 Å². The number of anilines is 1. The monoisotopic (exact) mass is 499 g/mol. The van der Waals surface area contributed by atoms with Gasteiger partial charge in [-0.15, -0.1) is 0 Å². The number of nitrogens with one attached hydrogen (secondary N) is 1. The van der Waals surface area contributed by atoms with Crippen LogP contribution in [0, 0.1) is 11.8 Å². The van der Waals surface area contributed by atoms with Crippen molar-refractivity contribution < 1.29 is 19.7 Å². The Morgan fingerprint density at radius 1 is 0.973 bits per heavy atom. The summed E-state index contributed by atoms with van der Waals surface area (Å²) in [5, 5.41) is 23.7. The molecule has 1 fully saturated rings. The maximum Gasteiger partial charge on any atom is 0.321 e. The summed E-state index contributed by atoms with van der Waals surface area (Å²) in [5.74, 6) is 7.45. The van der Waals surface area contributed by atoms with Crippen LogP contribution in [0.2, 0.25) is 0 Å². The number of amides is 2. The number of nitrogens with zero attached hydrogens (tertiary/aromatic N) is 2. The summed E-state index contributed by atoms with van der Waals surface area (Å²) in [6.45, 7) is 2.00. The van der Waals surface area contributed by atoms with Crippen molar-refractivity contribution in [1.82, 2.24) is 9.80 Å². The van der Waals surface area contributed by atoms with Crippen LogP contribution in [0.15, 0.2) is 78.9 Å². The number of rotatable bonds is 8. The number of aliphatic hydroxyl groups excluding tert-OH is 2. The van der Waals surface area contributed by atoms with Gasteiger partial charge in [0.05, 0.1) is 25.9 Å². The number of aliphatic hydroxyl groups is 2. The Bertz CT molecular complexity index is 1210. The molecule has 0 aromatic heterocycles. The fraction of sp³-hybridized carbons (Fsp3) is 0.300. The van der Waals surface area contributed by atoms with Crippen LogP contribution in [0.5, 0.6) is 5.75 Å². The smallest absolute Gasteiger partial charge is 0.321 e. The van der Waals surface area contributed by atoms with Gasteiger partial charge in [0.2, 0.25) is 0 Å². The maximum absolute atomic E-state index is 12.4. The van der Waals surface area contributed by atoms with Crippen LogP contribution < -0.4 is 10.1 Å². The zero-order chi connectivity index (χ0) is 26.2. The molecule has 2 amide bonds. The lowest BCUT2D eigenvalue weighted by Gasteiger charge is -2.41. The number of benzene rings is 3. The predicted octanol–water partition coefficient (Wildman–Crippen LogP) is 3.38. The number of likely N-dealkylation sites (tertiary alicyclic amines) is 1. The van der Waals surface area contributed by atoms with Gasteiger partial charge in [0.1, 0.15) is 5.75 Å². The molecule has 0 spiro atoms. The quantitative estimate of drug-likeness (QED) is 0.414. The number of β-amino-alcohol motifs (C(OH)–C–C–N with tert-alkyl or cyclic N) is 1. The summed E-state index contributed by atoms with van der Waals surface area (Å²) in [6.07, 6.45) is -2.00. The van der Waals surface area contributed by atoms with Gasteiger partial charge < -0.3 is 25.2 Å². The molecule has 3 aromatic carbocycles. The van der Waals surface area contributed by atoms with Crippen molar-refractivity contribution in [2.24, 2.45) is 0 Å². The van der Waals surface area contributed by atoms with E-state index in [9.17, 15) is 15.0 Å². The molecule has 1 heterocycles. The first-order valence-electron chi connectivity index (χ1n) is 12.3. The van der Waals surface area contributed by atoms with E-state index < -0.39 is 12.2 Å². The minimum absolute atomic E-state index is 0.0197. The molecule has 4 rings (SSSR count). The third kappa shape index (κ3) is 7.34. The molecule has 0 aliphatic carbocycles. The molecule has 37 heavy (non-hydrogen) atoms. The van der Waals surface area contributed by atoms with Crippen LogP contribution in [0.25, 0.3) is 0 Å². The molecule has 192 valence electrons. The number of carbonyl (C=O) groups is 1. The van der Waals surface area contributed by atoms with Crippen molar-refractivity contribution >= 4 is 11.7 Å². The largest absolute Gasteiger partial charge is 0.497 e. The Hall–Kier alpha value is -3.83. The SMILES string of the molecule is COc1ccc(NC(=O)N(C)CC(O)C(O)CN2CC(c3ccc(C#Cc4ccccc4)cc3)C2)cc1. The van der Waals surface area contributed by atoms with E-state index >= 15 is 0 Å². The predicted molar refractivity (Wildman–Crippen MR) is 145 cm³/mol. The van der Waals surface area contributed by atoms with E-state index in [2.05, 4.69) is 34.2 Å². The molecule has 3 aromatic rings. The lowest BCUT2D eigenvalue weighted by atomic mass is 9.90. The lowest BCUT2D eigenvalue weighted by Crippen LogP contribution is -2.52. The van der Waals surface area contributed by atoms with Crippen LogP contribution in [0.4, 0.5) is 10.5 Å². The lowest BCUT2D eigenvalue weighted by molar-refractivity contribution is -0.0250. The second kappa shape index (κ2) is 12.4. The number of hydrogen-bond acceptors (Lipinski definition) is 5. The number of likely N-dealkylation sites (N-methyl/N-ethyl adjacent to an activating group) is 1. The minimum atomic E-state index is -1.05. The van der Waals surface area contributed by atoms with Crippen LogP contribution >= 0.6 is 0 Å². The van der Waals surface area contributed by atoms with Gasteiger partial charge in [0, 0.05) is 49.4 Å². The normalized spacial score (nSPS) is 15.0. The fourth-order valence-corrected chi connectivity index (χ4v) is 4.20. The number of methoxy groups -OCH3 is 1. The average Bonchev–Trinajstić information content (AvgIpc) is 2.90. The number of hydrogen-bond donors (Lipinski definition) is 3. The highest BCUT2D eigenvalue weighted by atomic mass is 16.5. The van der Waals surface area contributed by atoms with Crippen LogP contribution in [0.3, 0.4) is 0 Å². The highest BCUT2D eigenvalue weighted by Gasteiger charge is 2.31. The molecule has 0 radical (unpaired) electrons. The Labute approximate surface area is 218 Å². The van der Waals surface area contributed by atoms with Gasteiger partial charge in [-0.2, -0.15) is 0 Å². The molecule has 7 heteroatoms. The van der Waals surface area contributed by atoms with Crippen molar-refractivity contribution in [3.05, 3.63) is 95.6 Å². The number of carbonyl (C=O) groups excluding carboxylic acids is 1. The Kier molecular flexibility index (Phi) is 8.81. The molecule has 1 aliphatic rings. The van der Waals surface area contributed by atoms with Crippen molar-refractivity contribution in [2.75, 3.05) is 45.7 Å². The van der Waals surface area contributed by atoms with E-state index in [1.807, 2.05) is 42.5 Å². The number of ether oxygens (including phenoxy) is 1. The fourth-order valence-electron chi connectivity index (χ4n) is 4.20. The third-order valence-corrected chi connectivity index (χ3v) is 6.50. The highest BCUT2D eigenvalue weighted by molar-refractivity contribution is 5.89. The van der Waals surface area contributed by atoms with Gasteiger partial charge in [0.15, 0.2) is 0 Å². The second-order valence-electron chi connectivity index (χ2n) is 9.33. The summed E-state index contributed by atoms with van der Waals surface area (Å²) >= 11 is 0. The van der Waals surface area contributed by atoms with Gasteiger partial charge >= 0.3 is 6.03 Å². The summed E-state index contributed by atoms with van der Waals surface area (Å²) in [4.78, 5) is 15.9. The molecule has 3 N–H and O–H groups in total. The van der Waals surface area contributed by atoms with E-state index in [1.54, 1.807) is 38.4 Å². The van der Waals surface area contributed by atoms with Gasteiger partial charge in [-0.3, -0.25) is 4.90 Å². The van der Waals surface area contributed by atoms with E-state index in [0.29, 0.717) is 23.9 Å². The van der Waals surface area contributed by atoms with E-state index in [4.69, 9.17) is 4.74 Å². The van der Waals surface area contributed by atoms with Crippen LogP contribution in [0.1, 0.15) is 22.6 Å². The minimum Gasteiger partial charge on any atom is -0.497 e. The summed E-state index contributed by atoms with van der Waals surface area (Å²) < 4.78 is 5.11. The first-order chi connectivity index (χ1) is 17.9. The number of urea groups is 1. The van der Waals surface area contributed by atoms with Crippen molar-refractivity contribution in [2.45, 2.75) is 18.1 Å². The first kappa shape index (κ1) is 26.2. The zero-order valence-corrected chi connectivity index (χ0v) is 21.2. The third-order valence-electron chi connectivity index (χ3n) is 6.50. The molecule has 7 nitrogen and oxygen atoms in total. The van der Waals surface area contributed by atoms with Crippen molar-refractivity contribution in [3.8, 4) is 17.6 Å². The van der Waals surface area contributed by atoms with Gasteiger partial charge in [-0.1, -0.05) is 42.2 Å². The van der Waals surface area contributed by atoms with Crippen molar-refractivity contribution in [1.29, 1.82) is 0 Å². The zero-order valence-electron chi connectivity index (χ0n) is 21.2. The molecular weight excluding hydrogens is 466 g/mol. The molecule has 1 aliphatic heterocycles.